The predicted molar refractivity (Wildman–Crippen MR) is 54.6 cm³/mol. The second-order valence-electron chi connectivity index (χ2n) is 4.20. The number of carbonyl (C=O) groups excluding carboxylic acids is 1. The lowest BCUT2D eigenvalue weighted by atomic mass is 10.1. The molecule has 13 heavy (non-hydrogen) atoms. The van der Waals surface area contributed by atoms with Crippen LogP contribution in [0.3, 0.4) is 0 Å². The summed E-state index contributed by atoms with van der Waals surface area (Å²) in [4.78, 5) is 13.7. The lowest BCUT2D eigenvalue weighted by Gasteiger charge is -2.26. The van der Waals surface area contributed by atoms with E-state index in [1.54, 1.807) is 0 Å². The van der Waals surface area contributed by atoms with Crippen molar-refractivity contribution >= 4 is 5.91 Å². The van der Waals surface area contributed by atoms with E-state index in [4.69, 9.17) is 0 Å². The molecule has 0 bridgehead atoms. The molecule has 0 spiro atoms. The van der Waals surface area contributed by atoms with E-state index in [0.717, 1.165) is 19.4 Å². The van der Waals surface area contributed by atoms with Gasteiger partial charge in [-0.3, -0.25) is 4.79 Å². The van der Waals surface area contributed by atoms with Crippen molar-refractivity contribution in [2.75, 3.05) is 6.54 Å². The number of nitrogens with zero attached hydrogens (tertiary/aromatic N) is 1. The van der Waals surface area contributed by atoms with Crippen LogP contribution < -0.4 is 0 Å². The first kappa shape index (κ1) is 10.6. The Hall–Kier alpha value is -0.530. The van der Waals surface area contributed by atoms with Crippen molar-refractivity contribution in [3.63, 3.8) is 0 Å². The van der Waals surface area contributed by atoms with Crippen molar-refractivity contribution in [1.29, 1.82) is 0 Å². The van der Waals surface area contributed by atoms with Crippen LogP contribution in [0, 0.1) is 0 Å². The Morgan fingerprint density at radius 3 is 2.38 bits per heavy atom. The molecule has 1 heterocycles. The molecular formula is C11H21NO. The summed E-state index contributed by atoms with van der Waals surface area (Å²) in [5.74, 6) is 0.358. The standard InChI is InChI=1S/C11H21NO/c1-10(2)12-9-7-5-3-4-6-8-11(12)13/h10H,3-9H2,1-2H3. The average Bonchev–Trinajstić information content (AvgIpc) is 2.16. The van der Waals surface area contributed by atoms with Gasteiger partial charge in [-0.2, -0.15) is 0 Å². The summed E-state index contributed by atoms with van der Waals surface area (Å²) < 4.78 is 0. The van der Waals surface area contributed by atoms with E-state index in [2.05, 4.69) is 13.8 Å². The lowest BCUT2D eigenvalue weighted by molar-refractivity contribution is -0.132. The number of hydrogen-bond acceptors (Lipinski definition) is 1. The highest BCUT2D eigenvalue weighted by Gasteiger charge is 2.16. The molecular weight excluding hydrogens is 162 g/mol. The third kappa shape index (κ3) is 3.37. The molecule has 1 aliphatic heterocycles. The van der Waals surface area contributed by atoms with Crippen LogP contribution in [-0.2, 0) is 4.79 Å². The fourth-order valence-electron chi connectivity index (χ4n) is 1.90. The van der Waals surface area contributed by atoms with Gasteiger partial charge in [0.2, 0.25) is 5.91 Å². The van der Waals surface area contributed by atoms with Gasteiger partial charge in [-0.05, 0) is 26.7 Å². The SMILES string of the molecule is CC(C)N1CCCCCCCC1=O. The van der Waals surface area contributed by atoms with E-state index >= 15 is 0 Å². The molecule has 0 unspecified atom stereocenters. The maximum Gasteiger partial charge on any atom is 0.222 e. The fraction of sp³-hybridized carbons (Fsp3) is 0.909. The van der Waals surface area contributed by atoms with Crippen LogP contribution in [0.2, 0.25) is 0 Å². The summed E-state index contributed by atoms with van der Waals surface area (Å²) in [5, 5.41) is 0. The Labute approximate surface area is 81.3 Å². The van der Waals surface area contributed by atoms with Crippen LogP contribution >= 0.6 is 0 Å². The molecule has 0 aliphatic carbocycles. The first-order chi connectivity index (χ1) is 6.22. The van der Waals surface area contributed by atoms with E-state index in [-0.39, 0.29) is 0 Å². The van der Waals surface area contributed by atoms with Crippen molar-refractivity contribution in [2.45, 2.75) is 58.4 Å². The highest BCUT2D eigenvalue weighted by atomic mass is 16.2. The second-order valence-corrected chi connectivity index (χ2v) is 4.20. The first-order valence-electron chi connectivity index (χ1n) is 5.51. The van der Waals surface area contributed by atoms with Gasteiger partial charge in [0, 0.05) is 19.0 Å². The molecule has 0 saturated carbocycles. The van der Waals surface area contributed by atoms with Crippen LogP contribution in [0.1, 0.15) is 52.4 Å². The number of carbonyl (C=O) groups is 1. The minimum atomic E-state index is 0.358. The Bertz CT molecular complexity index is 165. The first-order valence-corrected chi connectivity index (χ1v) is 5.51. The van der Waals surface area contributed by atoms with Crippen LogP contribution in [0.5, 0.6) is 0 Å². The summed E-state index contributed by atoms with van der Waals surface area (Å²) in [6, 6.07) is 0.380. The normalized spacial score (nSPS) is 21.2. The van der Waals surface area contributed by atoms with Crippen LogP contribution in [-0.4, -0.2) is 23.4 Å². The molecule has 76 valence electrons. The monoisotopic (exact) mass is 183 g/mol. The van der Waals surface area contributed by atoms with Crippen molar-refractivity contribution in [3.05, 3.63) is 0 Å². The fourth-order valence-corrected chi connectivity index (χ4v) is 1.90. The molecule has 0 N–H and O–H groups in total. The Morgan fingerprint density at radius 2 is 1.69 bits per heavy atom. The summed E-state index contributed by atoms with van der Waals surface area (Å²) in [5.41, 5.74) is 0. The number of hydrogen-bond donors (Lipinski definition) is 0. The molecule has 0 radical (unpaired) electrons. The maximum atomic E-state index is 11.7. The maximum absolute atomic E-state index is 11.7. The van der Waals surface area contributed by atoms with Gasteiger partial charge in [-0.25, -0.2) is 0 Å². The summed E-state index contributed by atoms with van der Waals surface area (Å²) in [7, 11) is 0. The molecule has 1 fully saturated rings. The molecule has 0 aromatic heterocycles. The molecule has 0 atom stereocenters. The minimum absolute atomic E-state index is 0.358. The van der Waals surface area contributed by atoms with Crippen molar-refractivity contribution in [2.24, 2.45) is 0 Å². The lowest BCUT2D eigenvalue weighted by Crippen LogP contribution is -2.37. The van der Waals surface area contributed by atoms with Crippen LogP contribution in [0.15, 0.2) is 0 Å². The minimum Gasteiger partial charge on any atom is -0.340 e. The number of rotatable bonds is 1. The second kappa shape index (κ2) is 5.25. The highest BCUT2D eigenvalue weighted by molar-refractivity contribution is 5.76. The van der Waals surface area contributed by atoms with E-state index < -0.39 is 0 Å². The topological polar surface area (TPSA) is 20.3 Å². The van der Waals surface area contributed by atoms with Gasteiger partial charge in [0.15, 0.2) is 0 Å². The van der Waals surface area contributed by atoms with Gasteiger partial charge in [-0.1, -0.05) is 19.3 Å². The van der Waals surface area contributed by atoms with Gasteiger partial charge in [0.05, 0.1) is 0 Å². The Kier molecular flexibility index (Phi) is 4.26. The molecule has 1 rings (SSSR count). The van der Waals surface area contributed by atoms with Crippen molar-refractivity contribution in [1.82, 2.24) is 4.90 Å². The third-order valence-corrected chi connectivity index (χ3v) is 2.73. The zero-order chi connectivity index (χ0) is 9.68. The van der Waals surface area contributed by atoms with Gasteiger partial charge < -0.3 is 4.90 Å². The summed E-state index contributed by atoms with van der Waals surface area (Å²) in [6.07, 6.45) is 6.86. The van der Waals surface area contributed by atoms with Gasteiger partial charge in [-0.15, -0.1) is 0 Å². The van der Waals surface area contributed by atoms with E-state index in [0.29, 0.717) is 11.9 Å². The van der Waals surface area contributed by atoms with Crippen molar-refractivity contribution < 1.29 is 4.79 Å². The van der Waals surface area contributed by atoms with Crippen molar-refractivity contribution in [3.8, 4) is 0 Å². The molecule has 1 saturated heterocycles. The summed E-state index contributed by atoms with van der Waals surface area (Å²) in [6.45, 7) is 5.18. The summed E-state index contributed by atoms with van der Waals surface area (Å²) >= 11 is 0. The zero-order valence-corrected chi connectivity index (χ0v) is 8.88. The predicted octanol–water partition coefficient (Wildman–Crippen LogP) is 2.58. The zero-order valence-electron chi connectivity index (χ0n) is 8.88. The van der Waals surface area contributed by atoms with E-state index in [1.165, 1.54) is 25.7 Å². The molecule has 0 aromatic carbocycles. The van der Waals surface area contributed by atoms with Gasteiger partial charge in [0.1, 0.15) is 0 Å². The highest BCUT2D eigenvalue weighted by Crippen LogP contribution is 2.13. The molecule has 1 amide bonds. The third-order valence-electron chi connectivity index (χ3n) is 2.73. The smallest absolute Gasteiger partial charge is 0.222 e. The Morgan fingerprint density at radius 1 is 1.08 bits per heavy atom. The van der Waals surface area contributed by atoms with Crippen LogP contribution in [0.25, 0.3) is 0 Å². The number of amides is 1. The van der Waals surface area contributed by atoms with Gasteiger partial charge >= 0.3 is 0 Å². The molecule has 2 nitrogen and oxygen atoms in total. The Balaban J connectivity index is 2.50. The quantitative estimate of drug-likeness (QED) is 0.612. The van der Waals surface area contributed by atoms with Crippen LogP contribution in [0.4, 0.5) is 0 Å². The average molecular weight is 183 g/mol. The van der Waals surface area contributed by atoms with E-state index in [1.807, 2.05) is 4.90 Å². The largest absolute Gasteiger partial charge is 0.340 e. The van der Waals surface area contributed by atoms with E-state index in [9.17, 15) is 4.79 Å². The molecule has 1 aliphatic rings. The van der Waals surface area contributed by atoms with Gasteiger partial charge in [0.25, 0.3) is 0 Å². The molecule has 2 heteroatoms. The molecule has 0 aromatic rings.